The van der Waals surface area contributed by atoms with Crippen LogP contribution in [-0.2, 0) is 0 Å². The summed E-state index contributed by atoms with van der Waals surface area (Å²) in [7, 11) is 1.57. The van der Waals surface area contributed by atoms with Crippen molar-refractivity contribution in [2.75, 3.05) is 19.0 Å². The number of rotatable bonds is 6. The molecule has 0 atom stereocenters. The molecule has 21 heavy (non-hydrogen) atoms. The molecule has 1 aromatic heterocycles. The highest BCUT2D eigenvalue weighted by atomic mass is 35.5. The third-order valence-corrected chi connectivity index (χ3v) is 3.29. The number of hydrogen-bond acceptors (Lipinski definition) is 5. The van der Waals surface area contributed by atoms with E-state index in [-0.39, 0.29) is 0 Å². The summed E-state index contributed by atoms with van der Waals surface area (Å²) in [6, 6.07) is 5.43. The zero-order valence-electron chi connectivity index (χ0n) is 12.3. The van der Waals surface area contributed by atoms with Crippen LogP contribution >= 0.6 is 11.6 Å². The molecule has 6 heteroatoms. The normalized spacial score (nSPS) is 10.3. The summed E-state index contributed by atoms with van der Waals surface area (Å²) in [5, 5.41) is 3.88. The number of aryl methyl sites for hydroxylation is 1. The Kier molecular flexibility index (Phi) is 5.22. The monoisotopic (exact) mass is 307 g/mol. The van der Waals surface area contributed by atoms with Crippen LogP contribution in [0.4, 0.5) is 5.82 Å². The molecule has 0 aliphatic carbocycles. The lowest BCUT2D eigenvalue weighted by molar-refractivity contribution is 0.369. The van der Waals surface area contributed by atoms with Gasteiger partial charge in [-0.25, -0.2) is 4.98 Å². The second-order valence-corrected chi connectivity index (χ2v) is 4.91. The van der Waals surface area contributed by atoms with Gasteiger partial charge in [0.15, 0.2) is 5.82 Å². The van der Waals surface area contributed by atoms with Crippen molar-refractivity contribution < 1.29 is 9.47 Å². The van der Waals surface area contributed by atoms with Crippen molar-refractivity contribution >= 4 is 17.4 Å². The molecule has 0 radical (unpaired) electrons. The molecule has 0 spiro atoms. The van der Waals surface area contributed by atoms with Gasteiger partial charge in [0.1, 0.15) is 12.1 Å². The molecule has 2 rings (SSSR count). The molecule has 0 saturated carbocycles. The minimum Gasteiger partial charge on any atom is -0.489 e. The van der Waals surface area contributed by atoms with Gasteiger partial charge in [0.25, 0.3) is 5.88 Å². The van der Waals surface area contributed by atoms with Gasteiger partial charge >= 0.3 is 0 Å². The van der Waals surface area contributed by atoms with Gasteiger partial charge in [0, 0.05) is 11.6 Å². The third-order valence-electron chi connectivity index (χ3n) is 2.86. The summed E-state index contributed by atoms with van der Waals surface area (Å²) in [6.45, 7) is 4.79. The lowest BCUT2D eigenvalue weighted by atomic mass is 10.2. The predicted molar refractivity (Wildman–Crippen MR) is 83.6 cm³/mol. The van der Waals surface area contributed by atoms with E-state index in [1.54, 1.807) is 19.2 Å². The molecule has 1 N–H and O–H groups in total. The van der Waals surface area contributed by atoms with Crippen molar-refractivity contribution in [3.8, 4) is 17.4 Å². The Morgan fingerprint density at radius 2 is 2.10 bits per heavy atom. The first kappa shape index (κ1) is 15.4. The van der Waals surface area contributed by atoms with Crippen LogP contribution in [0.15, 0.2) is 24.5 Å². The van der Waals surface area contributed by atoms with E-state index >= 15 is 0 Å². The number of anilines is 1. The summed E-state index contributed by atoms with van der Waals surface area (Å²) >= 11 is 6.01. The largest absolute Gasteiger partial charge is 0.489 e. The summed E-state index contributed by atoms with van der Waals surface area (Å²) in [5.74, 6) is 2.12. The Morgan fingerprint density at radius 3 is 2.76 bits per heavy atom. The molecule has 2 aromatic rings. The quantitative estimate of drug-likeness (QED) is 0.872. The summed E-state index contributed by atoms with van der Waals surface area (Å²) in [5.41, 5.74) is 0.937. The van der Waals surface area contributed by atoms with Crippen LogP contribution in [0.3, 0.4) is 0 Å². The molecule has 5 nitrogen and oxygen atoms in total. The third kappa shape index (κ3) is 3.76. The maximum Gasteiger partial charge on any atom is 0.268 e. The molecule has 0 aliphatic rings. The molecule has 112 valence electrons. The minimum atomic E-state index is 0.368. The van der Waals surface area contributed by atoms with Crippen LogP contribution in [0.1, 0.15) is 18.9 Å². The maximum atomic E-state index is 6.01. The Balaban J connectivity index is 2.28. The van der Waals surface area contributed by atoms with Crippen LogP contribution in [-0.4, -0.2) is 23.6 Å². The van der Waals surface area contributed by atoms with Crippen molar-refractivity contribution in [3.05, 3.63) is 35.1 Å². The molecule has 0 aliphatic heterocycles. The van der Waals surface area contributed by atoms with Gasteiger partial charge in [-0.3, -0.25) is 0 Å². The second-order valence-electron chi connectivity index (χ2n) is 4.50. The van der Waals surface area contributed by atoms with E-state index < -0.39 is 0 Å². The first-order valence-corrected chi connectivity index (χ1v) is 7.10. The zero-order chi connectivity index (χ0) is 15.2. The molecule has 1 heterocycles. The van der Waals surface area contributed by atoms with E-state index in [1.165, 1.54) is 6.33 Å². The Labute approximate surface area is 129 Å². The summed E-state index contributed by atoms with van der Waals surface area (Å²) in [4.78, 5) is 8.31. The zero-order valence-corrected chi connectivity index (χ0v) is 13.1. The maximum absolute atomic E-state index is 6.01. The van der Waals surface area contributed by atoms with Crippen molar-refractivity contribution in [3.63, 3.8) is 0 Å². The van der Waals surface area contributed by atoms with Crippen molar-refractivity contribution in [1.82, 2.24) is 9.97 Å². The number of nitrogens with zero attached hydrogens (tertiary/aromatic N) is 2. The summed E-state index contributed by atoms with van der Waals surface area (Å²) < 4.78 is 11.1. The average Bonchev–Trinajstić information content (AvgIpc) is 2.49. The molecule has 0 fully saturated rings. The lowest BCUT2D eigenvalue weighted by Crippen LogP contribution is -2.05. The van der Waals surface area contributed by atoms with Crippen LogP contribution in [0.25, 0.3) is 0 Å². The van der Waals surface area contributed by atoms with E-state index in [1.807, 2.05) is 13.0 Å². The highest BCUT2D eigenvalue weighted by Gasteiger charge is 2.14. The number of nitrogens with one attached hydrogen (secondary N) is 1. The molecule has 0 bridgehead atoms. The first-order valence-electron chi connectivity index (χ1n) is 6.72. The van der Waals surface area contributed by atoms with Gasteiger partial charge in [0.05, 0.1) is 7.11 Å². The smallest absolute Gasteiger partial charge is 0.268 e. The first-order chi connectivity index (χ1) is 10.2. The molecule has 1 aromatic carbocycles. The van der Waals surface area contributed by atoms with E-state index in [0.29, 0.717) is 28.2 Å². The van der Waals surface area contributed by atoms with Gasteiger partial charge in [-0.05, 0) is 37.1 Å². The van der Waals surface area contributed by atoms with Gasteiger partial charge in [0.2, 0.25) is 5.75 Å². The topological polar surface area (TPSA) is 56.3 Å². The van der Waals surface area contributed by atoms with Crippen LogP contribution in [0, 0.1) is 6.92 Å². The highest BCUT2D eigenvalue weighted by Crippen LogP contribution is 2.34. The standard InChI is InChI=1S/C15H18ClN3O2/c1-4-7-17-14-13(20-3)15(19-9-18-14)21-11-5-6-12(16)10(2)8-11/h5-6,8-9H,4,7H2,1-3H3,(H,17,18,19). The Bertz CT molecular complexity index is 620. The SMILES string of the molecule is CCCNc1ncnc(Oc2ccc(Cl)c(C)c2)c1OC. The number of aromatic nitrogens is 2. The molecule has 0 saturated heterocycles. The summed E-state index contributed by atoms with van der Waals surface area (Å²) in [6.07, 6.45) is 2.43. The van der Waals surface area contributed by atoms with Gasteiger partial charge < -0.3 is 14.8 Å². The van der Waals surface area contributed by atoms with E-state index in [4.69, 9.17) is 21.1 Å². The van der Waals surface area contributed by atoms with Crippen molar-refractivity contribution in [2.45, 2.75) is 20.3 Å². The molecular formula is C15H18ClN3O2. The van der Waals surface area contributed by atoms with Crippen LogP contribution < -0.4 is 14.8 Å². The minimum absolute atomic E-state index is 0.368. The number of hydrogen-bond donors (Lipinski definition) is 1. The van der Waals surface area contributed by atoms with Gasteiger partial charge in [-0.1, -0.05) is 18.5 Å². The Morgan fingerprint density at radius 1 is 1.29 bits per heavy atom. The average molecular weight is 308 g/mol. The second kappa shape index (κ2) is 7.13. The van der Waals surface area contributed by atoms with Crippen molar-refractivity contribution in [1.29, 1.82) is 0 Å². The molecule has 0 amide bonds. The number of halogens is 1. The Hall–Kier alpha value is -2.01. The highest BCUT2D eigenvalue weighted by molar-refractivity contribution is 6.31. The van der Waals surface area contributed by atoms with E-state index in [0.717, 1.165) is 18.5 Å². The lowest BCUT2D eigenvalue weighted by Gasteiger charge is -2.13. The molecule has 0 unspecified atom stereocenters. The number of methoxy groups -OCH3 is 1. The molecular weight excluding hydrogens is 290 g/mol. The van der Waals surface area contributed by atoms with Gasteiger partial charge in [-0.2, -0.15) is 4.98 Å². The van der Waals surface area contributed by atoms with Crippen LogP contribution in [0.2, 0.25) is 5.02 Å². The number of benzene rings is 1. The van der Waals surface area contributed by atoms with Crippen LogP contribution in [0.5, 0.6) is 17.4 Å². The fourth-order valence-corrected chi connectivity index (χ4v) is 1.89. The fraction of sp³-hybridized carbons (Fsp3) is 0.333. The van der Waals surface area contributed by atoms with Gasteiger partial charge in [-0.15, -0.1) is 0 Å². The predicted octanol–water partition coefficient (Wildman–Crippen LogP) is 4.06. The fourth-order valence-electron chi connectivity index (χ4n) is 1.78. The van der Waals surface area contributed by atoms with E-state index in [9.17, 15) is 0 Å². The van der Waals surface area contributed by atoms with E-state index in [2.05, 4.69) is 22.2 Å². The number of ether oxygens (including phenoxy) is 2. The van der Waals surface area contributed by atoms with Crippen molar-refractivity contribution in [2.24, 2.45) is 0 Å².